The minimum Gasteiger partial charge on any atom is -0.478 e. The van der Waals surface area contributed by atoms with Gasteiger partial charge in [0.25, 0.3) is 5.91 Å². The Morgan fingerprint density at radius 1 is 1.28 bits per heavy atom. The smallest absolute Gasteiger partial charge is 0.335 e. The molecular weight excluding hydrogens is 236 g/mol. The molecule has 18 heavy (non-hydrogen) atoms. The standard InChI is InChI=1S/C12H14N2O4/c1-12(2,18)11(17)14-13-7-8-3-5-9(6-4-8)10(15)16/h3-7,18H,1-2H3,(H,14,17)(H,15,16)/b13-7+. The maximum Gasteiger partial charge on any atom is 0.335 e. The second-order valence-corrected chi connectivity index (χ2v) is 4.19. The Morgan fingerprint density at radius 2 is 1.83 bits per heavy atom. The van der Waals surface area contributed by atoms with Crippen LogP contribution in [0.5, 0.6) is 0 Å². The van der Waals surface area contributed by atoms with Crippen molar-refractivity contribution in [3.8, 4) is 0 Å². The fourth-order valence-corrected chi connectivity index (χ4v) is 1.01. The topological polar surface area (TPSA) is 99.0 Å². The lowest BCUT2D eigenvalue weighted by Crippen LogP contribution is -2.39. The van der Waals surface area contributed by atoms with E-state index >= 15 is 0 Å². The van der Waals surface area contributed by atoms with Crippen molar-refractivity contribution in [1.29, 1.82) is 0 Å². The van der Waals surface area contributed by atoms with Crippen molar-refractivity contribution in [3.63, 3.8) is 0 Å². The zero-order valence-corrected chi connectivity index (χ0v) is 10.0. The lowest BCUT2D eigenvalue weighted by Gasteiger charge is -2.13. The first kappa shape index (κ1) is 13.9. The molecule has 1 aromatic rings. The first-order valence-corrected chi connectivity index (χ1v) is 5.20. The van der Waals surface area contributed by atoms with Crippen molar-refractivity contribution >= 4 is 18.1 Å². The van der Waals surface area contributed by atoms with E-state index in [0.717, 1.165) is 0 Å². The molecule has 0 saturated carbocycles. The summed E-state index contributed by atoms with van der Waals surface area (Å²) in [6.45, 7) is 2.69. The SMILES string of the molecule is CC(C)(O)C(=O)N/N=C/c1ccc(C(=O)O)cc1. The minimum absolute atomic E-state index is 0.174. The molecule has 0 unspecified atom stereocenters. The molecule has 0 aliphatic heterocycles. The second-order valence-electron chi connectivity index (χ2n) is 4.19. The maximum atomic E-state index is 11.2. The summed E-state index contributed by atoms with van der Waals surface area (Å²) in [5, 5.41) is 21.7. The number of aliphatic hydroxyl groups is 1. The highest BCUT2D eigenvalue weighted by atomic mass is 16.4. The molecule has 0 saturated heterocycles. The molecule has 0 aliphatic carbocycles. The van der Waals surface area contributed by atoms with Crippen LogP contribution >= 0.6 is 0 Å². The number of benzene rings is 1. The molecule has 0 aromatic heterocycles. The fraction of sp³-hybridized carbons (Fsp3) is 0.250. The average Bonchev–Trinajstić information content (AvgIpc) is 2.28. The van der Waals surface area contributed by atoms with Crippen LogP contribution in [0.1, 0.15) is 29.8 Å². The van der Waals surface area contributed by atoms with Crippen molar-refractivity contribution in [2.75, 3.05) is 0 Å². The van der Waals surface area contributed by atoms with Gasteiger partial charge in [-0.25, -0.2) is 10.2 Å². The Bertz CT molecular complexity index is 472. The van der Waals surface area contributed by atoms with E-state index in [-0.39, 0.29) is 5.56 Å². The highest BCUT2D eigenvalue weighted by Gasteiger charge is 2.22. The second kappa shape index (κ2) is 5.42. The first-order chi connectivity index (χ1) is 8.30. The number of carbonyl (C=O) groups excluding carboxylic acids is 1. The number of hydrogen-bond donors (Lipinski definition) is 3. The van der Waals surface area contributed by atoms with Crippen LogP contribution in [-0.2, 0) is 4.79 Å². The summed E-state index contributed by atoms with van der Waals surface area (Å²) < 4.78 is 0. The molecule has 3 N–H and O–H groups in total. The Hall–Kier alpha value is -2.21. The summed E-state index contributed by atoms with van der Waals surface area (Å²) in [5.74, 6) is -1.63. The Balaban J connectivity index is 2.63. The van der Waals surface area contributed by atoms with E-state index in [1.165, 1.54) is 32.2 Å². The molecule has 1 rings (SSSR count). The van der Waals surface area contributed by atoms with Crippen LogP contribution in [0.2, 0.25) is 0 Å². The van der Waals surface area contributed by atoms with Gasteiger partial charge < -0.3 is 10.2 Å². The Kier molecular flexibility index (Phi) is 4.17. The third kappa shape index (κ3) is 3.99. The molecule has 0 spiro atoms. The average molecular weight is 250 g/mol. The summed E-state index contributed by atoms with van der Waals surface area (Å²) >= 11 is 0. The number of hydrogen-bond acceptors (Lipinski definition) is 4. The van der Waals surface area contributed by atoms with Crippen molar-refractivity contribution in [1.82, 2.24) is 5.43 Å². The van der Waals surface area contributed by atoms with Gasteiger partial charge >= 0.3 is 5.97 Å². The van der Waals surface area contributed by atoms with Gasteiger partial charge in [-0.05, 0) is 31.5 Å². The number of carbonyl (C=O) groups is 2. The highest BCUT2D eigenvalue weighted by molar-refractivity contribution is 5.89. The summed E-state index contributed by atoms with van der Waals surface area (Å²) in [5.41, 5.74) is 1.49. The van der Waals surface area contributed by atoms with Gasteiger partial charge in [0.15, 0.2) is 0 Å². The van der Waals surface area contributed by atoms with Gasteiger partial charge in [-0.3, -0.25) is 4.79 Å². The summed E-state index contributed by atoms with van der Waals surface area (Å²) in [6.07, 6.45) is 1.36. The number of nitrogens with zero attached hydrogens (tertiary/aromatic N) is 1. The molecule has 1 aromatic carbocycles. The quantitative estimate of drug-likeness (QED) is 0.538. The lowest BCUT2D eigenvalue weighted by molar-refractivity contribution is -0.136. The van der Waals surface area contributed by atoms with E-state index in [1.807, 2.05) is 0 Å². The molecule has 0 heterocycles. The van der Waals surface area contributed by atoms with E-state index in [9.17, 15) is 14.7 Å². The number of aromatic carboxylic acids is 1. The summed E-state index contributed by atoms with van der Waals surface area (Å²) in [6, 6.07) is 5.98. The van der Waals surface area contributed by atoms with Crippen LogP contribution in [0, 0.1) is 0 Å². The van der Waals surface area contributed by atoms with Gasteiger partial charge in [-0.1, -0.05) is 12.1 Å². The van der Waals surface area contributed by atoms with E-state index in [0.29, 0.717) is 5.56 Å². The summed E-state index contributed by atoms with van der Waals surface area (Å²) in [4.78, 5) is 21.9. The molecule has 6 heteroatoms. The zero-order chi connectivity index (χ0) is 13.8. The minimum atomic E-state index is -1.50. The predicted octanol–water partition coefficient (Wildman–Crippen LogP) is 0.606. The lowest BCUT2D eigenvalue weighted by atomic mass is 10.1. The maximum absolute atomic E-state index is 11.2. The Labute approximate surface area is 104 Å². The number of nitrogens with one attached hydrogen (secondary N) is 1. The van der Waals surface area contributed by atoms with Gasteiger partial charge in [0.1, 0.15) is 5.60 Å². The van der Waals surface area contributed by atoms with E-state index in [1.54, 1.807) is 12.1 Å². The molecule has 0 radical (unpaired) electrons. The molecule has 96 valence electrons. The summed E-state index contributed by atoms with van der Waals surface area (Å²) in [7, 11) is 0. The molecule has 6 nitrogen and oxygen atoms in total. The van der Waals surface area contributed by atoms with Crippen LogP contribution in [-0.4, -0.2) is 33.9 Å². The monoisotopic (exact) mass is 250 g/mol. The van der Waals surface area contributed by atoms with Gasteiger partial charge in [-0.15, -0.1) is 0 Å². The third-order valence-corrected chi connectivity index (χ3v) is 2.09. The van der Waals surface area contributed by atoms with Crippen LogP contribution in [0.3, 0.4) is 0 Å². The number of carboxylic acids is 1. The van der Waals surface area contributed by atoms with Crippen LogP contribution in [0.4, 0.5) is 0 Å². The van der Waals surface area contributed by atoms with Gasteiger partial charge in [0, 0.05) is 0 Å². The first-order valence-electron chi connectivity index (χ1n) is 5.20. The van der Waals surface area contributed by atoms with Crippen molar-refractivity contribution in [3.05, 3.63) is 35.4 Å². The molecule has 1 amide bonds. The van der Waals surface area contributed by atoms with Gasteiger partial charge in [0.05, 0.1) is 11.8 Å². The number of hydrazone groups is 1. The molecule has 0 aliphatic rings. The molecular formula is C12H14N2O4. The van der Waals surface area contributed by atoms with Gasteiger partial charge in [-0.2, -0.15) is 5.10 Å². The van der Waals surface area contributed by atoms with Crippen molar-refractivity contribution in [2.24, 2.45) is 5.10 Å². The fourth-order valence-electron chi connectivity index (χ4n) is 1.01. The molecule has 0 bridgehead atoms. The number of amides is 1. The number of carboxylic acid groups (broad SMARTS) is 1. The molecule has 0 fully saturated rings. The van der Waals surface area contributed by atoms with E-state index < -0.39 is 17.5 Å². The largest absolute Gasteiger partial charge is 0.478 e. The number of rotatable bonds is 4. The predicted molar refractivity (Wildman–Crippen MR) is 65.4 cm³/mol. The van der Waals surface area contributed by atoms with E-state index in [2.05, 4.69) is 10.5 Å². The third-order valence-electron chi connectivity index (χ3n) is 2.09. The van der Waals surface area contributed by atoms with E-state index in [4.69, 9.17) is 5.11 Å². The molecule has 0 atom stereocenters. The van der Waals surface area contributed by atoms with Crippen LogP contribution < -0.4 is 5.43 Å². The van der Waals surface area contributed by atoms with Crippen molar-refractivity contribution in [2.45, 2.75) is 19.4 Å². The Morgan fingerprint density at radius 3 is 2.28 bits per heavy atom. The van der Waals surface area contributed by atoms with Crippen molar-refractivity contribution < 1.29 is 19.8 Å². The van der Waals surface area contributed by atoms with Crippen LogP contribution in [0.25, 0.3) is 0 Å². The van der Waals surface area contributed by atoms with Crippen LogP contribution in [0.15, 0.2) is 29.4 Å². The van der Waals surface area contributed by atoms with Gasteiger partial charge in [0.2, 0.25) is 0 Å². The normalized spacial score (nSPS) is 11.5. The highest BCUT2D eigenvalue weighted by Crippen LogP contribution is 2.03. The zero-order valence-electron chi connectivity index (χ0n) is 10.0.